The lowest BCUT2D eigenvalue weighted by Crippen LogP contribution is -2.20. The molecular formula is C27H27F3N6O3. The minimum atomic E-state index is -4.59. The fraction of sp³-hybridized carbons (Fsp3) is 0.333. The predicted octanol–water partition coefficient (Wildman–Crippen LogP) is 3.88. The molecule has 0 amide bonds. The normalized spacial score (nSPS) is 14.2. The topological polar surface area (TPSA) is 99.5 Å². The summed E-state index contributed by atoms with van der Waals surface area (Å²) in [4.78, 5) is 25.7. The fourth-order valence-corrected chi connectivity index (χ4v) is 4.66. The van der Waals surface area contributed by atoms with Gasteiger partial charge >= 0.3 is 6.18 Å². The first-order valence-electron chi connectivity index (χ1n) is 12.2. The third kappa shape index (κ3) is 4.99. The molecule has 0 saturated heterocycles. The molecule has 1 aliphatic rings. The summed E-state index contributed by atoms with van der Waals surface area (Å²) in [5, 5.41) is 10.5. The predicted molar refractivity (Wildman–Crippen MR) is 139 cm³/mol. The molecule has 3 aromatic heterocycles. The number of hydrogen-bond donors (Lipinski definition) is 1. The van der Waals surface area contributed by atoms with Crippen LogP contribution in [-0.4, -0.2) is 48.4 Å². The Labute approximate surface area is 221 Å². The van der Waals surface area contributed by atoms with Gasteiger partial charge in [-0.1, -0.05) is 6.07 Å². The molecule has 0 aliphatic carbocycles. The highest BCUT2D eigenvalue weighted by Crippen LogP contribution is 2.34. The lowest BCUT2D eigenvalue weighted by Gasteiger charge is -2.15. The monoisotopic (exact) mass is 540 g/mol. The number of aliphatic imine (C=N–C) groups is 1. The minimum Gasteiger partial charge on any atom is -0.495 e. The molecule has 4 heterocycles. The third-order valence-corrected chi connectivity index (χ3v) is 6.68. The van der Waals surface area contributed by atoms with Gasteiger partial charge in [-0.3, -0.25) is 19.2 Å². The maximum absolute atomic E-state index is 14.1. The molecule has 12 heteroatoms. The van der Waals surface area contributed by atoms with E-state index < -0.39 is 17.3 Å². The van der Waals surface area contributed by atoms with Crippen molar-refractivity contribution in [3.05, 3.63) is 82.1 Å². The van der Waals surface area contributed by atoms with Crippen LogP contribution in [0.1, 0.15) is 30.8 Å². The van der Waals surface area contributed by atoms with Crippen molar-refractivity contribution in [2.24, 2.45) is 12.0 Å². The van der Waals surface area contributed by atoms with Gasteiger partial charge in [0.05, 0.1) is 48.9 Å². The lowest BCUT2D eigenvalue weighted by molar-refractivity contribution is -0.138. The van der Waals surface area contributed by atoms with E-state index in [0.717, 1.165) is 6.20 Å². The number of benzene rings is 1. The highest BCUT2D eigenvalue weighted by atomic mass is 19.4. The number of nitrogens with zero attached hydrogens (tertiary/aromatic N) is 6. The van der Waals surface area contributed by atoms with E-state index in [1.54, 1.807) is 50.5 Å². The van der Waals surface area contributed by atoms with Gasteiger partial charge in [0, 0.05) is 43.0 Å². The Balaban J connectivity index is 1.54. The van der Waals surface area contributed by atoms with E-state index in [4.69, 9.17) is 4.74 Å². The van der Waals surface area contributed by atoms with Crippen molar-refractivity contribution in [1.82, 2.24) is 23.9 Å². The zero-order chi connectivity index (χ0) is 28.1. The van der Waals surface area contributed by atoms with Crippen molar-refractivity contribution in [1.29, 1.82) is 0 Å². The molecule has 39 heavy (non-hydrogen) atoms. The second kappa shape index (κ2) is 9.53. The van der Waals surface area contributed by atoms with E-state index in [1.165, 1.54) is 34.3 Å². The van der Waals surface area contributed by atoms with Crippen LogP contribution in [-0.2, 0) is 36.7 Å². The van der Waals surface area contributed by atoms with Crippen LogP contribution in [0, 0.1) is 0 Å². The second-order valence-electron chi connectivity index (χ2n) is 9.90. The van der Waals surface area contributed by atoms with E-state index in [9.17, 15) is 23.1 Å². The Kier molecular flexibility index (Phi) is 6.45. The van der Waals surface area contributed by atoms with Crippen LogP contribution >= 0.6 is 0 Å². The van der Waals surface area contributed by atoms with Crippen LogP contribution in [0.5, 0.6) is 0 Å². The average Bonchev–Trinajstić information content (AvgIpc) is 3.57. The van der Waals surface area contributed by atoms with Gasteiger partial charge in [0.1, 0.15) is 11.4 Å². The first-order chi connectivity index (χ1) is 18.4. The number of alkyl halides is 3. The minimum absolute atomic E-state index is 0.0137. The molecule has 0 unspecified atom stereocenters. The van der Waals surface area contributed by atoms with Gasteiger partial charge in [-0.15, -0.1) is 0 Å². The van der Waals surface area contributed by atoms with E-state index in [2.05, 4.69) is 15.0 Å². The lowest BCUT2D eigenvalue weighted by atomic mass is 10.1. The molecule has 1 aromatic carbocycles. The average molecular weight is 541 g/mol. The Morgan fingerprint density at radius 3 is 2.44 bits per heavy atom. The van der Waals surface area contributed by atoms with Crippen molar-refractivity contribution in [3.8, 4) is 11.1 Å². The number of methoxy groups -OCH3 is 1. The molecule has 0 atom stereocenters. The van der Waals surface area contributed by atoms with Crippen molar-refractivity contribution >= 4 is 16.6 Å². The number of halogens is 3. The van der Waals surface area contributed by atoms with Crippen molar-refractivity contribution in [3.63, 3.8) is 0 Å². The highest BCUT2D eigenvalue weighted by molar-refractivity contribution is 5.99. The maximum atomic E-state index is 14.1. The smallest absolute Gasteiger partial charge is 0.418 e. The molecule has 0 spiro atoms. The van der Waals surface area contributed by atoms with Crippen LogP contribution in [0.3, 0.4) is 0 Å². The standard InChI is InChI=1S/C27H27F3N6O3/c1-26(2,38)25-32-10-17(11-33-25)16-5-6-19-22(9-16)36(34(3)24(19)37)13-18-12-35(14-20(18)27(28,29)30)15-21-23(39-4)7-8-31-21/h5-7,9-12,14,38H,8,13,15H2,1-4H3. The van der Waals surface area contributed by atoms with Crippen LogP contribution in [0.25, 0.3) is 22.0 Å². The molecule has 0 bridgehead atoms. The fourth-order valence-electron chi connectivity index (χ4n) is 4.66. The van der Waals surface area contributed by atoms with Crippen LogP contribution in [0.2, 0.25) is 0 Å². The maximum Gasteiger partial charge on any atom is 0.418 e. The Morgan fingerprint density at radius 1 is 1.08 bits per heavy atom. The molecule has 1 N–H and O–H groups in total. The van der Waals surface area contributed by atoms with Crippen LogP contribution in [0.15, 0.2) is 64.6 Å². The summed E-state index contributed by atoms with van der Waals surface area (Å²) >= 11 is 0. The summed E-state index contributed by atoms with van der Waals surface area (Å²) in [7, 11) is 3.02. The van der Waals surface area contributed by atoms with Gasteiger partial charge in [-0.2, -0.15) is 13.2 Å². The summed E-state index contributed by atoms with van der Waals surface area (Å²) < 4.78 is 51.7. The third-order valence-electron chi connectivity index (χ3n) is 6.68. The number of fused-ring (bicyclic) bond motifs is 1. The number of allylic oxidation sites excluding steroid dienone is 1. The number of aliphatic hydroxyl groups is 1. The van der Waals surface area contributed by atoms with Gasteiger partial charge in [0.25, 0.3) is 5.56 Å². The molecule has 0 saturated carbocycles. The van der Waals surface area contributed by atoms with Gasteiger partial charge in [0.15, 0.2) is 5.82 Å². The number of ether oxygens (including phenoxy) is 1. The Hall–Kier alpha value is -4.19. The number of hydrogen-bond acceptors (Lipinski definition) is 6. The van der Waals surface area contributed by atoms with Gasteiger partial charge in [-0.25, -0.2) is 9.97 Å². The molecule has 9 nitrogen and oxygen atoms in total. The van der Waals surface area contributed by atoms with Gasteiger partial charge in [-0.05, 0) is 37.6 Å². The molecule has 4 aromatic rings. The van der Waals surface area contributed by atoms with Gasteiger partial charge in [0.2, 0.25) is 0 Å². The summed E-state index contributed by atoms with van der Waals surface area (Å²) in [5.74, 6) is 0.800. The molecule has 0 fully saturated rings. The summed E-state index contributed by atoms with van der Waals surface area (Å²) in [6.45, 7) is 3.51. The molecule has 1 aliphatic heterocycles. The number of rotatable bonds is 7. The zero-order valence-electron chi connectivity index (χ0n) is 21.8. The summed E-state index contributed by atoms with van der Waals surface area (Å²) in [6.07, 6.45) is 2.78. The molecular weight excluding hydrogens is 513 g/mol. The molecule has 5 rings (SSSR count). The first-order valence-corrected chi connectivity index (χ1v) is 12.2. The van der Waals surface area contributed by atoms with Crippen LogP contribution < -0.4 is 5.56 Å². The molecule has 0 radical (unpaired) electrons. The summed E-state index contributed by atoms with van der Waals surface area (Å²) in [6, 6.07) is 5.10. The number of aromatic nitrogens is 5. The highest BCUT2D eigenvalue weighted by Gasteiger charge is 2.35. The van der Waals surface area contributed by atoms with Crippen molar-refractivity contribution < 1.29 is 23.0 Å². The quantitative estimate of drug-likeness (QED) is 0.384. The Morgan fingerprint density at radius 2 is 1.79 bits per heavy atom. The van der Waals surface area contributed by atoms with Crippen molar-refractivity contribution in [2.75, 3.05) is 13.7 Å². The Bertz CT molecular complexity index is 1670. The van der Waals surface area contributed by atoms with E-state index in [0.29, 0.717) is 40.0 Å². The van der Waals surface area contributed by atoms with Crippen LogP contribution in [0.4, 0.5) is 13.2 Å². The summed E-state index contributed by atoms with van der Waals surface area (Å²) in [5.41, 5.74) is 0.0375. The molecule has 204 valence electrons. The first kappa shape index (κ1) is 26.4. The van der Waals surface area contributed by atoms with Crippen molar-refractivity contribution in [2.45, 2.75) is 38.7 Å². The second-order valence-corrected chi connectivity index (χ2v) is 9.90. The zero-order valence-corrected chi connectivity index (χ0v) is 21.8. The SMILES string of the molecule is COC1=CCN=C1Cn1cc(Cn2c3cc(-c4cnc(C(C)(C)O)nc4)ccc3c(=O)n2C)c(C(F)(F)F)c1. The van der Waals surface area contributed by atoms with Gasteiger partial charge < -0.3 is 14.4 Å². The van der Waals surface area contributed by atoms with E-state index in [1.807, 2.05) is 0 Å². The largest absolute Gasteiger partial charge is 0.495 e. The van der Waals surface area contributed by atoms with E-state index in [-0.39, 0.29) is 30.0 Å². The van der Waals surface area contributed by atoms with E-state index >= 15 is 0 Å².